The molecule has 0 bridgehead atoms. The maximum atomic E-state index is 11.7. The quantitative estimate of drug-likeness (QED) is 0.495. The third-order valence-electron chi connectivity index (χ3n) is 2.16. The first-order valence-corrected chi connectivity index (χ1v) is 4.81. The number of hydrogen-bond donors (Lipinski definition) is 0. The third kappa shape index (κ3) is 2.25. The lowest BCUT2D eigenvalue weighted by Crippen LogP contribution is -2.38. The van der Waals surface area contributed by atoms with Gasteiger partial charge in [0.15, 0.2) is 11.4 Å². The second kappa shape index (κ2) is 4.65. The van der Waals surface area contributed by atoms with Crippen LogP contribution in [0.1, 0.15) is 5.56 Å². The van der Waals surface area contributed by atoms with Crippen molar-refractivity contribution in [2.75, 3.05) is 14.1 Å². The van der Waals surface area contributed by atoms with Crippen molar-refractivity contribution in [2.24, 2.45) is 19.1 Å². The molecule has 0 aliphatic rings. The summed E-state index contributed by atoms with van der Waals surface area (Å²) < 4.78 is 2.05. The molecule has 0 unspecified atom stereocenters. The molecule has 1 aromatic rings. The van der Waals surface area contributed by atoms with Gasteiger partial charge in [0.25, 0.3) is 5.56 Å². The van der Waals surface area contributed by atoms with E-state index in [1.165, 1.54) is 25.0 Å². The summed E-state index contributed by atoms with van der Waals surface area (Å²) in [5.74, 6) is 0.0642. The van der Waals surface area contributed by atoms with Gasteiger partial charge in [0, 0.05) is 28.2 Å². The van der Waals surface area contributed by atoms with E-state index in [1.54, 1.807) is 25.1 Å². The van der Waals surface area contributed by atoms with Gasteiger partial charge in [-0.25, -0.2) is 9.79 Å². The minimum atomic E-state index is -0.637. The molecule has 7 nitrogen and oxygen atoms in total. The number of rotatable bonds is 2. The Hall–Kier alpha value is -2.36. The maximum absolute atomic E-state index is 11.7. The molecule has 0 atom stereocenters. The van der Waals surface area contributed by atoms with E-state index in [2.05, 4.69) is 4.99 Å². The monoisotopic (exact) mass is 235 g/mol. The molecule has 0 N–H and O–H groups in total. The van der Waals surface area contributed by atoms with E-state index >= 15 is 0 Å². The van der Waals surface area contributed by atoms with Crippen molar-refractivity contribution in [2.45, 2.75) is 0 Å². The molecule has 0 aliphatic carbocycles. The zero-order valence-corrected chi connectivity index (χ0v) is 10.1. The average molecular weight is 235 g/mol. The molecule has 1 heterocycles. The van der Waals surface area contributed by atoms with Gasteiger partial charge in [0.2, 0.25) is 0 Å². The van der Waals surface area contributed by atoms with Gasteiger partial charge in [-0.05, 0) is 0 Å². The summed E-state index contributed by atoms with van der Waals surface area (Å²) in [6, 6.07) is 1.77. The van der Waals surface area contributed by atoms with Crippen LogP contribution in [0.25, 0.3) is 0 Å². The summed E-state index contributed by atoms with van der Waals surface area (Å²) in [7, 11) is 6.28. The second-order valence-corrected chi connectivity index (χ2v) is 3.72. The highest BCUT2D eigenvalue weighted by Gasteiger charge is 2.14. The Kier molecular flexibility index (Phi) is 3.48. The Balaban J connectivity index is 3.67. The Morgan fingerprint density at radius 3 is 2.35 bits per heavy atom. The summed E-state index contributed by atoms with van der Waals surface area (Å²) in [6.45, 7) is 0. The van der Waals surface area contributed by atoms with E-state index < -0.39 is 11.2 Å². The first-order valence-electron chi connectivity index (χ1n) is 4.81. The van der Waals surface area contributed by atoms with Crippen molar-refractivity contribution in [1.29, 1.82) is 5.26 Å². The van der Waals surface area contributed by atoms with E-state index in [9.17, 15) is 9.59 Å². The molecule has 0 saturated heterocycles. The molecule has 0 aliphatic heterocycles. The molecule has 0 amide bonds. The third-order valence-corrected chi connectivity index (χ3v) is 2.16. The SMILES string of the molecule is CN(C)C=Nc1c(C#N)c(=O)n(C)c(=O)n1C. The minimum absolute atomic E-state index is 0.0642. The molecule has 90 valence electrons. The number of hydrogen-bond acceptors (Lipinski definition) is 4. The highest BCUT2D eigenvalue weighted by molar-refractivity contribution is 5.62. The smallest absolute Gasteiger partial charge is 0.332 e. The fourth-order valence-electron chi connectivity index (χ4n) is 1.25. The van der Waals surface area contributed by atoms with Crippen molar-refractivity contribution in [3.8, 4) is 6.07 Å². The van der Waals surface area contributed by atoms with E-state index in [0.29, 0.717) is 0 Å². The number of aliphatic imine (C=N–C) groups is 1. The molecule has 0 spiro atoms. The molecule has 0 fully saturated rings. The predicted molar refractivity (Wildman–Crippen MR) is 63.5 cm³/mol. The van der Waals surface area contributed by atoms with Crippen LogP contribution in [0.4, 0.5) is 5.82 Å². The van der Waals surface area contributed by atoms with Crippen LogP contribution in [0.5, 0.6) is 0 Å². The summed E-state index contributed by atoms with van der Waals surface area (Å²) >= 11 is 0. The summed E-state index contributed by atoms with van der Waals surface area (Å²) in [5.41, 5.74) is -1.30. The zero-order valence-electron chi connectivity index (χ0n) is 10.1. The average Bonchev–Trinajstić information content (AvgIpc) is 2.29. The van der Waals surface area contributed by atoms with Crippen LogP contribution in [-0.4, -0.2) is 34.5 Å². The van der Waals surface area contributed by atoms with Crippen LogP contribution < -0.4 is 11.2 Å². The van der Waals surface area contributed by atoms with Gasteiger partial charge in [-0.1, -0.05) is 0 Å². The molecule has 0 aromatic carbocycles. The summed E-state index contributed by atoms with van der Waals surface area (Å²) in [6.07, 6.45) is 1.43. The maximum Gasteiger partial charge on any atom is 0.332 e. The van der Waals surface area contributed by atoms with Crippen molar-refractivity contribution < 1.29 is 0 Å². The van der Waals surface area contributed by atoms with Crippen LogP contribution in [0.3, 0.4) is 0 Å². The van der Waals surface area contributed by atoms with Gasteiger partial charge >= 0.3 is 5.69 Å². The Morgan fingerprint density at radius 1 is 1.29 bits per heavy atom. The minimum Gasteiger partial charge on any atom is -0.369 e. The lowest BCUT2D eigenvalue weighted by atomic mass is 10.3. The highest BCUT2D eigenvalue weighted by atomic mass is 16.2. The molecular weight excluding hydrogens is 222 g/mol. The second-order valence-electron chi connectivity index (χ2n) is 3.72. The zero-order chi connectivity index (χ0) is 13.2. The predicted octanol–water partition coefficient (Wildman–Crippen LogP) is -0.823. The molecule has 0 saturated carbocycles. The van der Waals surface area contributed by atoms with Crippen molar-refractivity contribution >= 4 is 12.2 Å². The van der Waals surface area contributed by atoms with Gasteiger partial charge < -0.3 is 4.90 Å². The van der Waals surface area contributed by atoms with Gasteiger partial charge in [-0.15, -0.1) is 0 Å². The molecule has 7 heteroatoms. The first kappa shape index (κ1) is 12.7. The van der Waals surface area contributed by atoms with Gasteiger partial charge in [-0.2, -0.15) is 5.26 Å². The van der Waals surface area contributed by atoms with Crippen molar-refractivity contribution in [1.82, 2.24) is 14.0 Å². The topological polar surface area (TPSA) is 83.4 Å². The van der Waals surface area contributed by atoms with Crippen molar-refractivity contribution in [3.63, 3.8) is 0 Å². The Bertz CT molecular complexity index is 615. The lowest BCUT2D eigenvalue weighted by molar-refractivity contribution is 0.639. The van der Waals surface area contributed by atoms with E-state index in [-0.39, 0.29) is 11.4 Å². The van der Waals surface area contributed by atoms with E-state index in [1.807, 2.05) is 0 Å². The van der Waals surface area contributed by atoms with Crippen LogP contribution in [0.2, 0.25) is 0 Å². The lowest BCUT2D eigenvalue weighted by Gasteiger charge is -2.08. The highest BCUT2D eigenvalue weighted by Crippen LogP contribution is 2.10. The molecule has 17 heavy (non-hydrogen) atoms. The van der Waals surface area contributed by atoms with E-state index in [0.717, 1.165) is 4.57 Å². The fraction of sp³-hybridized carbons (Fsp3) is 0.400. The first-order chi connectivity index (χ1) is 7.90. The van der Waals surface area contributed by atoms with Crippen LogP contribution in [0, 0.1) is 11.3 Å². The fourth-order valence-corrected chi connectivity index (χ4v) is 1.25. The van der Waals surface area contributed by atoms with Gasteiger partial charge in [0.05, 0.1) is 6.34 Å². The van der Waals surface area contributed by atoms with Crippen molar-refractivity contribution in [3.05, 3.63) is 26.4 Å². The number of nitrogens with zero attached hydrogens (tertiary/aromatic N) is 5. The summed E-state index contributed by atoms with van der Waals surface area (Å²) in [4.78, 5) is 28.9. The number of aromatic nitrogens is 2. The van der Waals surface area contributed by atoms with Gasteiger partial charge in [-0.3, -0.25) is 13.9 Å². The molecule has 1 aromatic heterocycles. The largest absolute Gasteiger partial charge is 0.369 e. The standard InChI is InChI=1S/C10H13N5O2/c1-13(2)6-12-8-7(5-11)9(16)15(4)10(17)14(8)3/h6H,1-4H3. The molecule has 0 radical (unpaired) electrons. The molecular formula is C10H13N5O2. The Labute approximate surface area is 97.9 Å². The normalized spacial score (nSPS) is 10.5. The number of nitriles is 1. The Morgan fingerprint density at radius 2 is 1.88 bits per heavy atom. The van der Waals surface area contributed by atoms with E-state index in [4.69, 9.17) is 5.26 Å². The van der Waals surface area contributed by atoms with Gasteiger partial charge in [0.1, 0.15) is 6.07 Å². The van der Waals surface area contributed by atoms with Crippen LogP contribution in [0.15, 0.2) is 14.6 Å². The van der Waals surface area contributed by atoms with Crippen LogP contribution in [-0.2, 0) is 14.1 Å². The molecule has 1 rings (SSSR count). The summed E-state index contributed by atoms with van der Waals surface area (Å²) in [5, 5.41) is 8.94. The van der Waals surface area contributed by atoms with Crippen LogP contribution >= 0.6 is 0 Å².